The third kappa shape index (κ3) is 3.12. The Bertz CT molecular complexity index is 325. The van der Waals surface area contributed by atoms with Crippen molar-refractivity contribution in [1.29, 1.82) is 0 Å². The number of aryl methyl sites for hydroxylation is 1. The molecule has 0 aliphatic carbocycles. The maximum atomic E-state index is 5.15. The lowest BCUT2D eigenvalue weighted by Gasteiger charge is -2.05. The third-order valence-electron chi connectivity index (χ3n) is 1.76. The number of rotatable bonds is 3. The summed E-state index contributed by atoms with van der Waals surface area (Å²) in [6.45, 7) is 2.90. The predicted molar refractivity (Wildman–Crippen MR) is 60.8 cm³/mol. The summed E-state index contributed by atoms with van der Waals surface area (Å²) in [5.41, 5.74) is 2.35. The van der Waals surface area contributed by atoms with Gasteiger partial charge in [0.25, 0.3) is 0 Å². The molecule has 0 radical (unpaired) electrons. The normalized spacial score (nSPS) is 9.31. The summed E-state index contributed by atoms with van der Waals surface area (Å²) in [6.07, 6.45) is 5.91. The number of halogens is 1. The number of hydrogen-bond donors (Lipinski definition) is 1. The summed E-state index contributed by atoms with van der Waals surface area (Å²) < 4.78 is 1.13. The van der Waals surface area contributed by atoms with Crippen LogP contribution in [0.1, 0.15) is 12.0 Å². The van der Waals surface area contributed by atoms with Crippen molar-refractivity contribution in [3.8, 4) is 12.3 Å². The molecule has 0 saturated heterocycles. The molecule has 68 valence electrons. The highest BCUT2D eigenvalue weighted by Gasteiger charge is 1.95. The van der Waals surface area contributed by atoms with Gasteiger partial charge in [0.05, 0.1) is 0 Å². The van der Waals surface area contributed by atoms with Gasteiger partial charge in [-0.15, -0.1) is 12.3 Å². The van der Waals surface area contributed by atoms with Gasteiger partial charge in [-0.05, 0) is 30.7 Å². The van der Waals surface area contributed by atoms with E-state index in [0.717, 1.165) is 23.1 Å². The first kappa shape index (κ1) is 10.1. The van der Waals surface area contributed by atoms with Crippen LogP contribution >= 0.6 is 15.9 Å². The van der Waals surface area contributed by atoms with Crippen molar-refractivity contribution in [3.05, 3.63) is 28.2 Å². The average molecular weight is 238 g/mol. The molecule has 0 atom stereocenters. The van der Waals surface area contributed by atoms with Crippen molar-refractivity contribution in [1.82, 2.24) is 0 Å². The molecule has 1 rings (SSSR count). The van der Waals surface area contributed by atoms with E-state index in [-0.39, 0.29) is 0 Å². The Hall–Kier alpha value is -0.940. The van der Waals surface area contributed by atoms with Crippen molar-refractivity contribution in [2.75, 3.05) is 11.9 Å². The van der Waals surface area contributed by atoms with E-state index in [1.54, 1.807) is 0 Å². The van der Waals surface area contributed by atoms with Crippen LogP contribution in [-0.4, -0.2) is 6.54 Å². The lowest BCUT2D eigenvalue weighted by molar-refractivity contribution is 1.10. The van der Waals surface area contributed by atoms with Gasteiger partial charge in [-0.1, -0.05) is 15.9 Å². The molecular formula is C11H12BrN. The molecule has 2 heteroatoms. The molecule has 0 unspecified atom stereocenters. The zero-order valence-electron chi connectivity index (χ0n) is 7.60. The highest BCUT2D eigenvalue weighted by molar-refractivity contribution is 9.10. The van der Waals surface area contributed by atoms with Gasteiger partial charge in [0.2, 0.25) is 0 Å². The SMILES string of the molecule is C#CCCNc1ccc(Br)c(C)c1. The predicted octanol–water partition coefficient (Wildman–Crippen LogP) is 3.19. The molecule has 0 heterocycles. The third-order valence-corrected chi connectivity index (χ3v) is 2.65. The number of benzene rings is 1. The van der Waals surface area contributed by atoms with Crippen LogP contribution < -0.4 is 5.32 Å². The van der Waals surface area contributed by atoms with Gasteiger partial charge in [0.15, 0.2) is 0 Å². The molecule has 13 heavy (non-hydrogen) atoms. The molecule has 0 fully saturated rings. The lowest BCUT2D eigenvalue weighted by Crippen LogP contribution is -2.00. The van der Waals surface area contributed by atoms with Crippen LogP contribution in [-0.2, 0) is 0 Å². The van der Waals surface area contributed by atoms with E-state index in [1.807, 2.05) is 12.1 Å². The second-order valence-electron chi connectivity index (χ2n) is 2.84. The van der Waals surface area contributed by atoms with Gasteiger partial charge in [-0.3, -0.25) is 0 Å². The largest absolute Gasteiger partial charge is 0.384 e. The topological polar surface area (TPSA) is 12.0 Å². The molecule has 0 aliphatic heterocycles. The van der Waals surface area contributed by atoms with Gasteiger partial charge in [0, 0.05) is 23.1 Å². The van der Waals surface area contributed by atoms with E-state index in [2.05, 4.69) is 40.2 Å². The van der Waals surface area contributed by atoms with Crippen LogP contribution in [0.3, 0.4) is 0 Å². The standard InChI is InChI=1S/C11H12BrN/c1-3-4-7-13-10-5-6-11(12)9(2)8-10/h1,5-6,8,13H,4,7H2,2H3. The molecule has 0 aromatic heterocycles. The molecule has 1 N–H and O–H groups in total. The summed E-state index contributed by atoms with van der Waals surface area (Å²) in [6, 6.07) is 6.17. The number of nitrogens with one attached hydrogen (secondary N) is 1. The van der Waals surface area contributed by atoms with E-state index in [4.69, 9.17) is 6.42 Å². The van der Waals surface area contributed by atoms with Gasteiger partial charge in [-0.2, -0.15) is 0 Å². The minimum atomic E-state index is 0.759. The van der Waals surface area contributed by atoms with Crippen molar-refractivity contribution in [3.63, 3.8) is 0 Å². The van der Waals surface area contributed by atoms with Gasteiger partial charge >= 0.3 is 0 Å². The Morgan fingerprint density at radius 2 is 2.31 bits per heavy atom. The molecule has 1 aromatic carbocycles. The van der Waals surface area contributed by atoms with E-state index in [0.29, 0.717) is 0 Å². The maximum Gasteiger partial charge on any atom is 0.0343 e. The Morgan fingerprint density at radius 1 is 1.54 bits per heavy atom. The molecule has 1 nitrogen and oxygen atoms in total. The van der Waals surface area contributed by atoms with Gasteiger partial charge < -0.3 is 5.32 Å². The summed E-state index contributed by atoms with van der Waals surface area (Å²) >= 11 is 3.45. The maximum absolute atomic E-state index is 5.15. The molecule has 0 spiro atoms. The molecule has 0 saturated carbocycles. The number of hydrogen-bond acceptors (Lipinski definition) is 1. The fourth-order valence-electron chi connectivity index (χ4n) is 1.03. The monoisotopic (exact) mass is 237 g/mol. The lowest BCUT2D eigenvalue weighted by atomic mass is 10.2. The second-order valence-corrected chi connectivity index (χ2v) is 3.70. The van der Waals surface area contributed by atoms with E-state index >= 15 is 0 Å². The van der Waals surface area contributed by atoms with E-state index in [9.17, 15) is 0 Å². The zero-order valence-corrected chi connectivity index (χ0v) is 9.19. The van der Waals surface area contributed by atoms with Crippen molar-refractivity contribution in [2.24, 2.45) is 0 Å². The van der Waals surface area contributed by atoms with Gasteiger partial charge in [0.1, 0.15) is 0 Å². The van der Waals surface area contributed by atoms with Crippen molar-refractivity contribution >= 4 is 21.6 Å². The van der Waals surface area contributed by atoms with Crippen LogP contribution in [0.15, 0.2) is 22.7 Å². The summed E-state index contributed by atoms with van der Waals surface area (Å²) in [5, 5.41) is 3.25. The van der Waals surface area contributed by atoms with Crippen LogP contribution in [0, 0.1) is 19.3 Å². The highest BCUT2D eigenvalue weighted by atomic mass is 79.9. The fourth-order valence-corrected chi connectivity index (χ4v) is 1.28. The average Bonchev–Trinajstić information content (AvgIpc) is 2.12. The van der Waals surface area contributed by atoms with Crippen LogP contribution in [0.2, 0.25) is 0 Å². The number of terminal acetylenes is 1. The van der Waals surface area contributed by atoms with Crippen LogP contribution in [0.5, 0.6) is 0 Å². The van der Waals surface area contributed by atoms with E-state index in [1.165, 1.54) is 5.56 Å². The fraction of sp³-hybridized carbons (Fsp3) is 0.273. The Balaban J connectivity index is 2.59. The second kappa shape index (κ2) is 4.94. The summed E-state index contributed by atoms with van der Waals surface area (Å²) in [4.78, 5) is 0. The Labute approximate surface area is 87.7 Å². The first-order valence-electron chi connectivity index (χ1n) is 4.17. The molecule has 1 aromatic rings. The van der Waals surface area contributed by atoms with Crippen molar-refractivity contribution < 1.29 is 0 Å². The minimum Gasteiger partial charge on any atom is -0.384 e. The molecular weight excluding hydrogens is 226 g/mol. The highest BCUT2D eigenvalue weighted by Crippen LogP contribution is 2.19. The quantitative estimate of drug-likeness (QED) is 0.629. The Kier molecular flexibility index (Phi) is 3.85. The summed E-state index contributed by atoms with van der Waals surface area (Å²) in [5.74, 6) is 2.59. The smallest absolute Gasteiger partial charge is 0.0343 e. The Morgan fingerprint density at radius 3 is 2.92 bits per heavy atom. The molecule has 0 bridgehead atoms. The van der Waals surface area contributed by atoms with Crippen molar-refractivity contribution in [2.45, 2.75) is 13.3 Å². The summed E-state index contributed by atoms with van der Waals surface area (Å²) in [7, 11) is 0. The van der Waals surface area contributed by atoms with Gasteiger partial charge in [-0.25, -0.2) is 0 Å². The van der Waals surface area contributed by atoms with E-state index < -0.39 is 0 Å². The number of anilines is 1. The first-order valence-corrected chi connectivity index (χ1v) is 4.97. The minimum absolute atomic E-state index is 0.759. The molecule has 0 amide bonds. The first-order chi connectivity index (χ1) is 6.24. The zero-order chi connectivity index (χ0) is 9.68. The van der Waals surface area contributed by atoms with Crippen LogP contribution in [0.25, 0.3) is 0 Å². The van der Waals surface area contributed by atoms with Crippen LogP contribution in [0.4, 0.5) is 5.69 Å². The molecule has 0 aliphatic rings.